The largest absolute Gasteiger partial charge is 0.372 e. The lowest BCUT2D eigenvalue weighted by Crippen LogP contribution is -2.52. The molecule has 0 saturated heterocycles. The number of nitrogens with two attached hydrogens (primary N) is 1. The Morgan fingerprint density at radius 2 is 2.23 bits per heavy atom. The van der Waals surface area contributed by atoms with E-state index in [-0.39, 0.29) is 0 Å². The molecule has 0 aromatic heterocycles. The number of benzene rings is 1. The standard InChI is InChI=1S/C16H24ClN5/c1-12(22(2)3)7-9-19-15-8-10-20-16(18,21-15)13-5-4-6-14(17)11-13/h4-6,8,10-12,19,21H,7,9,18H2,1-3H3. The molecule has 2 rings (SSSR count). The van der Waals surface area contributed by atoms with Crippen LogP contribution in [0.2, 0.25) is 5.02 Å². The first kappa shape index (κ1) is 16.8. The van der Waals surface area contributed by atoms with Gasteiger partial charge in [-0.25, -0.2) is 4.99 Å². The van der Waals surface area contributed by atoms with Crippen molar-refractivity contribution >= 4 is 17.8 Å². The van der Waals surface area contributed by atoms with Crippen LogP contribution in [0, 0.1) is 0 Å². The van der Waals surface area contributed by atoms with Gasteiger partial charge < -0.3 is 15.5 Å². The summed E-state index contributed by atoms with van der Waals surface area (Å²) in [4.78, 5) is 6.55. The van der Waals surface area contributed by atoms with Crippen LogP contribution in [0.5, 0.6) is 0 Å². The highest BCUT2D eigenvalue weighted by Crippen LogP contribution is 2.22. The molecule has 2 unspecified atom stereocenters. The quantitative estimate of drug-likeness (QED) is 0.748. The van der Waals surface area contributed by atoms with E-state index in [2.05, 4.69) is 41.5 Å². The second-order valence-electron chi connectivity index (χ2n) is 5.79. The Morgan fingerprint density at radius 1 is 1.45 bits per heavy atom. The van der Waals surface area contributed by atoms with Gasteiger partial charge in [-0.1, -0.05) is 23.7 Å². The first-order valence-corrected chi connectivity index (χ1v) is 7.77. The highest BCUT2D eigenvalue weighted by Gasteiger charge is 2.28. The van der Waals surface area contributed by atoms with E-state index in [9.17, 15) is 0 Å². The van der Waals surface area contributed by atoms with Crippen LogP contribution in [0.25, 0.3) is 0 Å². The Labute approximate surface area is 137 Å². The summed E-state index contributed by atoms with van der Waals surface area (Å²) in [5.41, 5.74) is 7.19. The van der Waals surface area contributed by atoms with Gasteiger partial charge in [-0.05, 0) is 45.6 Å². The van der Waals surface area contributed by atoms with Crippen molar-refractivity contribution in [2.24, 2.45) is 10.7 Å². The number of nitrogens with one attached hydrogen (secondary N) is 2. The number of halogens is 1. The molecule has 0 bridgehead atoms. The number of aliphatic imine (C=N–C) groups is 1. The van der Waals surface area contributed by atoms with Gasteiger partial charge in [0.15, 0.2) is 0 Å². The summed E-state index contributed by atoms with van der Waals surface area (Å²) in [6.45, 7) is 3.06. The van der Waals surface area contributed by atoms with Crippen LogP contribution in [-0.4, -0.2) is 37.8 Å². The van der Waals surface area contributed by atoms with Crippen molar-refractivity contribution in [2.45, 2.75) is 25.2 Å². The third-order valence-corrected chi connectivity index (χ3v) is 4.10. The van der Waals surface area contributed by atoms with Crippen molar-refractivity contribution in [1.82, 2.24) is 15.5 Å². The summed E-state index contributed by atoms with van der Waals surface area (Å²) in [6, 6.07) is 7.93. The summed E-state index contributed by atoms with van der Waals surface area (Å²) >= 11 is 6.04. The third-order valence-electron chi connectivity index (χ3n) is 3.87. The Morgan fingerprint density at radius 3 is 2.91 bits per heavy atom. The zero-order chi connectivity index (χ0) is 16.2. The minimum absolute atomic E-state index is 0.515. The second-order valence-corrected chi connectivity index (χ2v) is 6.22. The molecular formula is C16H24ClN5. The molecule has 4 N–H and O–H groups in total. The van der Waals surface area contributed by atoms with E-state index in [4.69, 9.17) is 17.3 Å². The lowest BCUT2D eigenvalue weighted by molar-refractivity contribution is 0.295. The maximum Gasteiger partial charge on any atom is 0.210 e. The molecule has 0 spiro atoms. The molecule has 0 saturated carbocycles. The van der Waals surface area contributed by atoms with Gasteiger partial charge in [-0.2, -0.15) is 0 Å². The van der Waals surface area contributed by atoms with Crippen molar-refractivity contribution in [3.63, 3.8) is 0 Å². The van der Waals surface area contributed by atoms with Crippen LogP contribution in [0.15, 0.2) is 41.2 Å². The molecular weight excluding hydrogens is 298 g/mol. The number of hydrogen-bond donors (Lipinski definition) is 3. The average Bonchev–Trinajstić information content (AvgIpc) is 2.47. The number of hydrogen-bond acceptors (Lipinski definition) is 5. The van der Waals surface area contributed by atoms with E-state index in [1.807, 2.05) is 30.3 Å². The first-order valence-electron chi connectivity index (χ1n) is 7.39. The molecule has 5 nitrogen and oxygen atoms in total. The molecule has 1 aromatic carbocycles. The van der Waals surface area contributed by atoms with E-state index in [0.29, 0.717) is 11.1 Å². The van der Waals surface area contributed by atoms with Gasteiger partial charge in [-0.15, -0.1) is 0 Å². The maximum absolute atomic E-state index is 6.36. The van der Waals surface area contributed by atoms with Gasteiger partial charge in [-0.3, -0.25) is 5.73 Å². The van der Waals surface area contributed by atoms with Crippen LogP contribution < -0.4 is 16.4 Å². The SMILES string of the molecule is CC(CCNC1=CC=NC(N)(c2cccc(Cl)c2)N1)N(C)C. The molecule has 22 heavy (non-hydrogen) atoms. The summed E-state index contributed by atoms with van der Waals surface area (Å²) in [7, 11) is 4.17. The normalized spacial score (nSPS) is 22.2. The molecule has 120 valence electrons. The first-order chi connectivity index (χ1) is 10.4. The zero-order valence-electron chi connectivity index (χ0n) is 13.3. The van der Waals surface area contributed by atoms with E-state index < -0.39 is 5.79 Å². The third kappa shape index (κ3) is 4.22. The summed E-state index contributed by atoms with van der Waals surface area (Å²) in [5, 5.41) is 7.24. The van der Waals surface area contributed by atoms with Crippen LogP contribution in [0.1, 0.15) is 18.9 Å². The molecule has 2 atom stereocenters. The van der Waals surface area contributed by atoms with Gasteiger partial charge in [0.25, 0.3) is 0 Å². The fourth-order valence-electron chi connectivity index (χ4n) is 2.16. The Balaban J connectivity index is 1.97. The van der Waals surface area contributed by atoms with Gasteiger partial charge in [0.2, 0.25) is 5.79 Å². The predicted octanol–water partition coefficient (Wildman–Crippen LogP) is 1.85. The fraction of sp³-hybridized carbons (Fsp3) is 0.438. The number of allylic oxidation sites excluding steroid dienone is 1. The molecule has 6 heteroatoms. The minimum atomic E-state index is -0.991. The van der Waals surface area contributed by atoms with Gasteiger partial charge in [0, 0.05) is 29.4 Å². The average molecular weight is 322 g/mol. The van der Waals surface area contributed by atoms with Crippen molar-refractivity contribution in [1.29, 1.82) is 0 Å². The summed E-state index contributed by atoms with van der Waals surface area (Å²) < 4.78 is 0. The second kappa shape index (κ2) is 7.13. The van der Waals surface area contributed by atoms with Crippen molar-refractivity contribution < 1.29 is 0 Å². The minimum Gasteiger partial charge on any atom is -0.372 e. The monoisotopic (exact) mass is 321 g/mol. The molecule has 1 aliphatic heterocycles. The van der Waals surface area contributed by atoms with E-state index in [1.165, 1.54) is 0 Å². The molecule has 0 fully saturated rings. The zero-order valence-corrected chi connectivity index (χ0v) is 14.1. The molecule has 0 aliphatic carbocycles. The summed E-state index contributed by atoms with van der Waals surface area (Å²) in [6.07, 6.45) is 4.64. The lowest BCUT2D eigenvalue weighted by Gasteiger charge is -2.32. The molecule has 1 heterocycles. The predicted molar refractivity (Wildman–Crippen MR) is 92.8 cm³/mol. The van der Waals surface area contributed by atoms with Gasteiger partial charge in [0.05, 0.1) is 0 Å². The van der Waals surface area contributed by atoms with Crippen LogP contribution >= 0.6 is 11.6 Å². The topological polar surface area (TPSA) is 65.7 Å². The van der Waals surface area contributed by atoms with Gasteiger partial charge >= 0.3 is 0 Å². The van der Waals surface area contributed by atoms with Gasteiger partial charge in [0.1, 0.15) is 5.82 Å². The fourth-order valence-corrected chi connectivity index (χ4v) is 2.35. The van der Waals surface area contributed by atoms with Crippen molar-refractivity contribution in [3.8, 4) is 0 Å². The Hall–Kier alpha value is -1.56. The number of nitrogens with zero attached hydrogens (tertiary/aromatic N) is 2. The lowest BCUT2D eigenvalue weighted by atomic mass is 10.1. The molecule has 1 aromatic rings. The smallest absolute Gasteiger partial charge is 0.210 e. The molecule has 0 amide bonds. The highest BCUT2D eigenvalue weighted by atomic mass is 35.5. The van der Waals surface area contributed by atoms with Crippen LogP contribution in [0.4, 0.5) is 0 Å². The highest BCUT2D eigenvalue weighted by molar-refractivity contribution is 6.30. The van der Waals surface area contributed by atoms with E-state index in [0.717, 1.165) is 24.4 Å². The Bertz CT molecular complexity index is 569. The van der Waals surface area contributed by atoms with Crippen LogP contribution in [0.3, 0.4) is 0 Å². The van der Waals surface area contributed by atoms with Crippen molar-refractivity contribution in [2.75, 3.05) is 20.6 Å². The van der Waals surface area contributed by atoms with E-state index >= 15 is 0 Å². The maximum atomic E-state index is 6.36. The Kier molecular flexibility index (Phi) is 5.45. The molecule has 0 radical (unpaired) electrons. The van der Waals surface area contributed by atoms with Crippen molar-refractivity contribution in [3.05, 3.63) is 46.7 Å². The van der Waals surface area contributed by atoms with Crippen LogP contribution in [-0.2, 0) is 5.79 Å². The van der Waals surface area contributed by atoms with E-state index in [1.54, 1.807) is 6.21 Å². The number of rotatable bonds is 6. The molecule has 1 aliphatic rings. The summed E-state index contributed by atoms with van der Waals surface area (Å²) in [5.74, 6) is -0.127.